The molecular weight excluding hydrogens is 425 g/mol. The van der Waals surface area contributed by atoms with E-state index >= 15 is 0 Å². The van der Waals surface area contributed by atoms with Crippen molar-refractivity contribution < 1.29 is 38.1 Å². The minimum Gasteiger partial charge on any atom is -0.481 e. The molecule has 0 aliphatic heterocycles. The molecule has 0 aliphatic rings. The van der Waals surface area contributed by atoms with Crippen molar-refractivity contribution in [3.05, 3.63) is 23.8 Å². The Morgan fingerprint density at radius 3 is 2.07 bits per heavy atom. The van der Waals surface area contributed by atoms with Gasteiger partial charge in [-0.15, -0.1) is 23.2 Å². The average Bonchev–Trinajstić information content (AvgIpc) is 2.57. The zero-order valence-electron chi connectivity index (χ0n) is 14.5. The molecule has 0 unspecified atom stereocenters. The number of aliphatic carboxylic acids is 2. The SMILES string of the molecule is O=C(O)CC[C@H](NC(=O)Oc1cc(F)c(N(CCCl)CCCl)c(F)c1)C(=O)O. The second kappa shape index (κ2) is 11.5. The number of alkyl halides is 2. The lowest BCUT2D eigenvalue weighted by Crippen LogP contribution is -2.42. The second-order valence-electron chi connectivity index (χ2n) is 5.46. The summed E-state index contributed by atoms with van der Waals surface area (Å²) in [5, 5.41) is 19.5. The van der Waals surface area contributed by atoms with Crippen molar-refractivity contribution in [1.29, 1.82) is 0 Å². The summed E-state index contributed by atoms with van der Waals surface area (Å²) in [4.78, 5) is 34.6. The lowest BCUT2D eigenvalue weighted by Gasteiger charge is -2.24. The highest BCUT2D eigenvalue weighted by Gasteiger charge is 2.23. The largest absolute Gasteiger partial charge is 0.481 e. The molecule has 12 heteroatoms. The molecule has 8 nitrogen and oxygen atoms in total. The van der Waals surface area contributed by atoms with Crippen LogP contribution in [-0.2, 0) is 9.59 Å². The zero-order valence-corrected chi connectivity index (χ0v) is 16.0. The smallest absolute Gasteiger partial charge is 0.413 e. The number of amides is 1. The Hall–Kier alpha value is -2.33. The molecule has 0 aliphatic carbocycles. The van der Waals surface area contributed by atoms with Crippen LogP contribution in [0.3, 0.4) is 0 Å². The normalized spacial score (nSPS) is 11.6. The van der Waals surface area contributed by atoms with E-state index < -0.39 is 54.3 Å². The summed E-state index contributed by atoms with van der Waals surface area (Å²) in [6, 6.07) is -0.0403. The third kappa shape index (κ3) is 7.35. The number of halogens is 4. The van der Waals surface area contributed by atoms with Crippen molar-refractivity contribution in [3.63, 3.8) is 0 Å². The van der Waals surface area contributed by atoms with E-state index in [0.717, 1.165) is 12.1 Å². The summed E-state index contributed by atoms with van der Waals surface area (Å²) in [5.41, 5.74) is -0.390. The summed E-state index contributed by atoms with van der Waals surface area (Å²) in [7, 11) is 0. The summed E-state index contributed by atoms with van der Waals surface area (Å²) < 4.78 is 33.3. The molecule has 1 atom stereocenters. The molecule has 1 aromatic carbocycles. The monoisotopic (exact) mass is 442 g/mol. The van der Waals surface area contributed by atoms with Crippen LogP contribution in [0.25, 0.3) is 0 Å². The lowest BCUT2D eigenvalue weighted by atomic mass is 10.1. The molecule has 0 aromatic heterocycles. The minimum atomic E-state index is -1.54. The molecule has 1 aromatic rings. The third-order valence-electron chi connectivity index (χ3n) is 3.46. The number of carboxylic acids is 2. The van der Waals surface area contributed by atoms with Crippen LogP contribution in [0, 0.1) is 11.6 Å². The predicted octanol–water partition coefficient (Wildman–Crippen LogP) is 2.66. The average molecular weight is 443 g/mol. The molecule has 0 saturated heterocycles. The quantitative estimate of drug-likeness (QED) is 0.451. The predicted molar refractivity (Wildman–Crippen MR) is 97.5 cm³/mol. The molecule has 0 spiro atoms. The number of hydrogen-bond acceptors (Lipinski definition) is 5. The van der Waals surface area contributed by atoms with Gasteiger partial charge in [-0.05, 0) is 6.42 Å². The zero-order chi connectivity index (χ0) is 21.3. The van der Waals surface area contributed by atoms with Gasteiger partial charge in [0.1, 0.15) is 17.5 Å². The van der Waals surface area contributed by atoms with Gasteiger partial charge in [-0.3, -0.25) is 4.79 Å². The highest BCUT2D eigenvalue weighted by molar-refractivity contribution is 6.18. The highest BCUT2D eigenvalue weighted by atomic mass is 35.5. The fraction of sp³-hybridized carbons (Fsp3) is 0.438. The van der Waals surface area contributed by atoms with Crippen LogP contribution in [0.1, 0.15) is 12.8 Å². The Bertz CT molecular complexity index is 693. The van der Waals surface area contributed by atoms with Gasteiger partial charge in [0, 0.05) is 43.4 Å². The summed E-state index contributed by atoms with van der Waals surface area (Å²) in [5.74, 6) is -5.09. The van der Waals surface area contributed by atoms with Gasteiger partial charge in [0.2, 0.25) is 0 Å². The van der Waals surface area contributed by atoms with E-state index in [1.165, 1.54) is 4.90 Å². The molecule has 156 valence electrons. The van der Waals surface area contributed by atoms with E-state index in [4.69, 9.17) is 38.2 Å². The Morgan fingerprint density at radius 1 is 1.11 bits per heavy atom. The Kier molecular flexibility index (Phi) is 9.74. The summed E-state index contributed by atoms with van der Waals surface area (Å²) in [6.45, 7) is 0.263. The first-order valence-electron chi connectivity index (χ1n) is 7.98. The number of nitrogens with zero attached hydrogens (tertiary/aromatic N) is 1. The number of carboxylic acid groups (broad SMARTS) is 2. The van der Waals surface area contributed by atoms with Crippen molar-refractivity contribution in [2.45, 2.75) is 18.9 Å². The highest BCUT2D eigenvalue weighted by Crippen LogP contribution is 2.28. The Balaban J connectivity index is 2.90. The summed E-state index contributed by atoms with van der Waals surface area (Å²) in [6.07, 6.45) is -2.21. The lowest BCUT2D eigenvalue weighted by molar-refractivity contribution is -0.140. The van der Waals surface area contributed by atoms with E-state index in [-0.39, 0.29) is 30.5 Å². The number of hydrogen-bond donors (Lipinski definition) is 3. The molecule has 28 heavy (non-hydrogen) atoms. The maximum Gasteiger partial charge on any atom is 0.413 e. The van der Waals surface area contributed by atoms with Crippen molar-refractivity contribution in [2.24, 2.45) is 0 Å². The fourth-order valence-electron chi connectivity index (χ4n) is 2.25. The maximum atomic E-state index is 14.3. The molecule has 0 saturated carbocycles. The molecule has 3 N–H and O–H groups in total. The van der Waals surface area contributed by atoms with Crippen molar-refractivity contribution in [1.82, 2.24) is 5.32 Å². The number of rotatable bonds is 11. The van der Waals surface area contributed by atoms with Crippen LogP contribution in [0.15, 0.2) is 12.1 Å². The Morgan fingerprint density at radius 2 is 1.64 bits per heavy atom. The van der Waals surface area contributed by atoms with Gasteiger partial charge in [-0.25, -0.2) is 18.4 Å². The topological polar surface area (TPSA) is 116 Å². The van der Waals surface area contributed by atoms with E-state index in [9.17, 15) is 23.2 Å². The number of anilines is 1. The first kappa shape index (κ1) is 23.7. The van der Waals surface area contributed by atoms with E-state index in [2.05, 4.69) is 0 Å². The fourth-order valence-corrected chi connectivity index (χ4v) is 2.65. The summed E-state index contributed by atoms with van der Waals surface area (Å²) >= 11 is 11.2. The second-order valence-corrected chi connectivity index (χ2v) is 6.21. The number of nitrogens with one attached hydrogen (secondary N) is 1. The van der Waals surface area contributed by atoms with Gasteiger partial charge in [0.05, 0.1) is 0 Å². The molecule has 0 bridgehead atoms. The number of benzene rings is 1. The third-order valence-corrected chi connectivity index (χ3v) is 3.80. The standard InChI is InChI=1S/C16H18Cl2F2N2O6/c17-3-5-22(6-4-18)14-10(19)7-9(8-11(14)20)28-16(27)21-12(15(25)26)1-2-13(23)24/h7-8,12H,1-6H2,(H,21,27)(H,23,24)(H,25,26)/t12-/m0/s1. The van der Waals surface area contributed by atoms with Crippen LogP contribution >= 0.6 is 23.2 Å². The molecule has 0 fully saturated rings. The minimum absolute atomic E-state index is 0.101. The Labute approximate surface area is 169 Å². The van der Waals surface area contributed by atoms with E-state index in [1.807, 2.05) is 5.32 Å². The van der Waals surface area contributed by atoms with Crippen LogP contribution in [0.5, 0.6) is 5.75 Å². The van der Waals surface area contributed by atoms with Crippen LogP contribution < -0.4 is 15.0 Å². The van der Waals surface area contributed by atoms with Gasteiger partial charge < -0.3 is 25.2 Å². The van der Waals surface area contributed by atoms with Crippen molar-refractivity contribution in [2.75, 3.05) is 29.7 Å². The van der Waals surface area contributed by atoms with Crippen molar-refractivity contribution in [3.8, 4) is 5.75 Å². The number of ether oxygens (including phenoxy) is 1. The van der Waals surface area contributed by atoms with Crippen molar-refractivity contribution >= 4 is 46.9 Å². The van der Waals surface area contributed by atoms with Gasteiger partial charge >= 0.3 is 18.0 Å². The maximum absolute atomic E-state index is 14.3. The van der Waals surface area contributed by atoms with Gasteiger partial charge in [-0.2, -0.15) is 0 Å². The van der Waals surface area contributed by atoms with Gasteiger partial charge in [0.25, 0.3) is 0 Å². The molecule has 0 radical (unpaired) electrons. The molecule has 0 heterocycles. The van der Waals surface area contributed by atoms with Crippen LogP contribution in [0.4, 0.5) is 19.3 Å². The number of carbonyl (C=O) groups is 3. The van der Waals surface area contributed by atoms with Crippen LogP contribution in [0.2, 0.25) is 0 Å². The molecule has 1 amide bonds. The van der Waals surface area contributed by atoms with Gasteiger partial charge in [-0.1, -0.05) is 0 Å². The first-order valence-corrected chi connectivity index (χ1v) is 9.05. The van der Waals surface area contributed by atoms with Gasteiger partial charge in [0.15, 0.2) is 11.6 Å². The van der Waals surface area contributed by atoms with E-state index in [1.54, 1.807) is 0 Å². The van der Waals surface area contributed by atoms with E-state index in [0.29, 0.717) is 0 Å². The molecular formula is C16H18Cl2F2N2O6. The number of carbonyl (C=O) groups excluding carboxylic acids is 1. The van der Waals surface area contributed by atoms with Crippen LogP contribution in [-0.4, -0.2) is 59.1 Å². The first-order chi connectivity index (χ1) is 13.2. The molecule has 1 rings (SSSR count).